The van der Waals surface area contributed by atoms with E-state index in [1.54, 1.807) is 53.7 Å². The fourth-order valence-corrected chi connectivity index (χ4v) is 2.34. The van der Waals surface area contributed by atoms with E-state index < -0.39 is 34.0 Å². The molecular weight excluding hydrogens is 420 g/mol. The largest absolute Gasteiger partial charge is 0.450 e. The predicted molar refractivity (Wildman–Crippen MR) is 117 cm³/mol. The van der Waals surface area contributed by atoms with Crippen LogP contribution in [0.5, 0.6) is 11.5 Å². The van der Waals surface area contributed by atoms with E-state index in [0.717, 1.165) is 0 Å². The van der Waals surface area contributed by atoms with Crippen molar-refractivity contribution < 1.29 is 28.7 Å². The van der Waals surface area contributed by atoms with E-state index in [-0.39, 0.29) is 17.3 Å². The van der Waals surface area contributed by atoms with Gasteiger partial charge in [0.05, 0.1) is 4.92 Å². The highest BCUT2D eigenvalue weighted by molar-refractivity contribution is 5.87. The third-order valence-corrected chi connectivity index (χ3v) is 3.42. The van der Waals surface area contributed by atoms with Crippen LogP contribution in [0.4, 0.5) is 26.8 Å². The minimum Gasteiger partial charge on any atom is -0.450 e. The molecule has 0 aliphatic carbocycles. The molecule has 0 fully saturated rings. The first kappa shape index (κ1) is 24.4. The first-order valence-corrected chi connectivity index (χ1v) is 9.65. The topological polar surface area (TPSA) is 142 Å². The number of carbonyl (C=O) groups excluding carboxylic acids is 2. The predicted octanol–water partition coefficient (Wildman–Crippen LogP) is 5.48. The lowest BCUT2D eigenvalue weighted by Gasteiger charge is -2.20. The molecule has 0 radical (unpaired) electrons. The number of ether oxygens (including phenoxy) is 3. The van der Waals surface area contributed by atoms with Gasteiger partial charge in [-0.3, -0.25) is 20.7 Å². The summed E-state index contributed by atoms with van der Waals surface area (Å²) in [5.74, 6) is -0.189. The Labute approximate surface area is 185 Å². The number of anilines is 2. The molecule has 0 spiro atoms. The normalized spacial score (nSPS) is 11.3. The molecule has 2 amide bonds. The van der Waals surface area contributed by atoms with Crippen LogP contribution in [0.25, 0.3) is 0 Å². The zero-order valence-corrected chi connectivity index (χ0v) is 18.7. The Bertz CT molecular complexity index is 993. The van der Waals surface area contributed by atoms with Gasteiger partial charge in [-0.15, -0.1) is 0 Å². The molecule has 0 saturated heterocycles. The summed E-state index contributed by atoms with van der Waals surface area (Å²) in [6.07, 6.45) is -0.246. The SMILES string of the molecule is CC(C)(C)OC(=O)Nc1ccc(Oc2ccnc(NC(=O)OC(C)(C)C)c2[N+](=O)[O-])cc1. The molecule has 0 bridgehead atoms. The van der Waals surface area contributed by atoms with Crippen LogP contribution < -0.4 is 15.4 Å². The number of amides is 2. The maximum Gasteiger partial charge on any atom is 0.413 e. The van der Waals surface area contributed by atoms with Gasteiger partial charge < -0.3 is 14.2 Å². The van der Waals surface area contributed by atoms with Crippen LogP contribution in [0.15, 0.2) is 36.5 Å². The summed E-state index contributed by atoms with van der Waals surface area (Å²) in [4.78, 5) is 38.6. The van der Waals surface area contributed by atoms with Crippen LogP contribution in [-0.2, 0) is 9.47 Å². The molecule has 0 atom stereocenters. The van der Waals surface area contributed by atoms with Gasteiger partial charge in [0.2, 0.25) is 11.6 Å². The van der Waals surface area contributed by atoms with Gasteiger partial charge in [-0.25, -0.2) is 14.6 Å². The van der Waals surface area contributed by atoms with Crippen molar-refractivity contribution in [2.45, 2.75) is 52.7 Å². The van der Waals surface area contributed by atoms with Gasteiger partial charge in [0.1, 0.15) is 17.0 Å². The number of aromatic nitrogens is 1. The second-order valence-corrected chi connectivity index (χ2v) is 8.64. The van der Waals surface area contributed by atoms with Crippen molar-refractivity contribution in [2.75, 3.05) is 10.6 Å². The average Bonchev–Trinajstić information content (AvgIpc) is 2.60. The number of benzene rings is 1. The summed E-state index contributed by atoms with van der Waals surface area (Å²) in [6.45, 7) is 10.2. The summed E-state index contributed by atoms with van der Waals surface area (Å²) in [5.41, 5.74) is -1.52. The number of hydrogen-bond acceptors (Lipinski definition) is 8. The summed E-state index contributed by atoms with van der Waals surface area (Å²) in [6, 6.07) is 7.42. The first-order valence-electron chi connectivity index (χ1n) is 9.65. The van der Waals surface area contributed by atoms with Gasteiger partial charge in [0.15, 0.2) is 0 Å². The van der Waals surface area contributed by atoms with Gasteiger partial charge in [-0.1, -0.05) is 0 Å². The second-order valence-electron chi connectivity index (χ2n) is 8.64. The van der Waals surface area contributed by atoms with E-state index in [2.05, 4.69) is 15.6 Å². The maximum absolute atomic E-state index is 12.0. The fraction of sp³-hybridized carbons (Fsp3) is 0.381. The van der Waals surface area contributed by atoms with Crippen LogP contribution in [0, 0.1) is 10.1 Å². The van der Waals surface area contributed by atoms with Gasteiger partial charge in [-0.05, 0) is 65.8 Å². The Morgan fingerprint density at radius 2 is 1.44 bits per heavy atom. The zero-order valence-electron chi connectivity index (χ0n) is 18.7. The highest BCUT2D eigenvalue weighted by Gasteiger charge is 2.26. The molecular formula is C21H26N4O7. The molecule has 2 rings (SSSR count). The monoisotopic (exact) mass is 446 g/mol. The number of rotatable bonds is 5. The van der Waals surface area contributed by atoms with Crippen molar-refractivity contribution in [2.24, 2.45) is 0 Å². The van der Waals surface area contributed by atoms with Crippen LogP contribution >= 0.6 is 0 Å². The smallest absolute Gasteiger partial charge is 0.413 e. The van der Waals surface area contributed by atoms with Crippen LogP contribution in [0.2, 0.25) is 0 Å². The van der Waals surface area contributed by atoms with Gasteiger partial charge in [0.25, 0.3) is 0 Å². The maximum atomic E-state index is 12.0. The Morgan fingerprint density at radius 1 is 0.906 bits per heavy atom. The second kappa shape index (κ2) is 9.50. The molecule has 0 unspecified atom stereocenters. The number of pyridine rings is 1. The van der Waals surface area contributed by atoms with Crippen molar-refractivity contribution in [1.29, 1.82) is 0 Å². The molecule has 1 aromatic heterocycles. The molecule has 11 nitrogen and oxygen atoms in total. The van der Waals surface area contributed by atoms with E-state index in [0.29, 0.717) is 5.69 Å². The summed E-state index contributed by atoms with van der Waals surface area (Å²) >= 11 is 0. The molecule has 1 heterocycles. The minimum absolute atomic E-state index is 0.135. The standard InChI is InChI=1S/C21H26N4O7/c1-20(2,3)31-18(26)23-13-7-9-14(10-8-13)30-15-11-12-22-17(16(15)25(28)29)24-19(27)32-21(4,5)6/h7-12H,1-6H3,(H,23,26)(H,22,24,27). The van der Waals surface area contributed by atoms with Crippen LogP contribution in [0.1, 0.15) is 41.5 Å². The fourth-order valence-electron chi connectivity index (χ4n) is 2.34. The number of nitro groups is 1. The van der Waals surface area contributed by atoms with Crippen LogP contribution in [0.3, 0.4) is 0 Å². The highest BCUT2D eigenvalue weighted by Crippen LogP contribution is 2.36. The van der Waals surface area contributed by atoms with E-state index in [1.165, 1.54) is 24.4 Å². The van der Waals surface area contributed by atoms with Crippen molar-refractivity contribution in [3.05, 3.63) is 46.6 Å². The Balaban J connectivity index is 2.17. The van der Waals surface area contributed by atoms with E-state index in [9.17, 15) is 19.7 Å². The molecule has 0 aliphatic rings. The Morgan fingerprint density at radius 3 is 1.94 bits per heavy atom. The third kappa shape index (κ3) is 7.74. The lowest BCUT2D eigenvalue weighted by Crippen LogP contribution is -2.27. The Hall–Kier alpha value is -3.89. The van der Waals surface area contributed by atoms with Gasteiger partial charge in [-0.2, -0.15) is 0 Å². The summed E-state index contributed by atoms with van der Waals surface area (Å²) < 4.78 is 15.9. The lowest BCUT2D eigenvalue weighted by molar-refractivity contribution is -0.384. The van der Waals surface area contributed by atoms with Crippen LogP contribution in [-0.4, -0.2) is 33.3 Å². The van der Waals surface area contributed by atoms with Gasteiger partial charge >= 0.3 is 17.9 Å². The third-order valence-electron chi connectivity index (χ3n) is 3.42. The summed E-state index contributed by atoms with van der Waals surface area (Å²) in [7, 11) is 0. The van der Waals surface area contributed by atoms with Crippen molar-refractivity contribution in [1.82, 2.24) is 4.98 Å². The number of carbonyl (C=O) groups is 2. The first-order chi connectivity index (χ1) is 14.7. The molecule has 172 valence electrons. The summed E-state index contributed by atoms with van der Waals surface area (Å²) in [5, 5.41) is 16.5. The van der Waals surface area contributed by atoms with Gasteiger partial charge in [0, 0.05) is 18.0 Å². The Kier molecular flexibility index (Phi) is 7.24. The minimum atomic E-state index is -0.886. The van der Waals surface area contributed by atoms with Crippen molar-refractivity contribution >= 4 is 29.4 Å². The van der Waals surface area contributed by atoms with Crippen molar-refractivity contribution in [3.63, 3.8) is 0 Å². The molecule has 32 heavy (non-hydrogen) atoms. The molecule has 0 aliphatic heterocycles. The zero-order chi connectivity index (χ0) is 24.1. The molecule has 2 N–H and O–H groups in total. The van der Waals surface area contributed by atoms with E-state index >= 15 is 0 Å². The van der Waals surface area contributed by atoms with Crippen molar-refractivity contribution in [3.8, 4) is 11.5 Å². The number of nitrogens with one attached hydrogen (secondary N) is 2. The van der Waals surface area contributed by atoms with E-state index in [1.807, 2.05) is 0 Å². The quantitative estimate of drug-likeness (QED) is 0.454. The molecule has 0 saturated carbocycles. The van der Waals surface area contributed by atoms with E-state index in [4.69, 9.17) is 14.2 Å². The average molecular weight is 446 g/mol. The molecule has 2 aromatic rings. The number of hydrogen-bond donors (Lipinski definition) is 2. The highest BCUT2D eigenvalue weighted by atomic mass is 16.6. The molecule has 11 heteroatoms. The molecule has 1 aromatic carbocycles. The number of nitrogens with zero attached hydrogens (tertiary/aromatic N) is 2. The lowest BCUT2D eigenvalue weighted by atomic mass is 10.2.